The third kappa shape index (κ3) is 5.02. The van der Waals surface area contributed by atoms with Gasteiger partial charge < -0.3 is 9.47 Å². The van der Waals surface area contributed by atoms with Gasteiger partial charge in [0, 0.05) is 11.1 Å². The van der Waals surface area contributed by atoms with E-state index in [-0.39, 0.29) is 0 Å². The molecule has 0 atom stereocenters. The van der Waals surface area contributed by atoms with Gasteiger partial charge in [0.15, 0.2) is 11.5 Å². The molecule has 0 radical (unpaired) electrons. The number of benzene rings is 2. The molecule has 0 aliphatic heterocycles. The Hall–Kier alpha value is -1.96. The van der Waals surface area contributed by atoms with Gasteiger partial charge in [-0.2, -0.15) is 5.26 Å². The molecule has 0 amide bonds. The first-order valence-corrected chi connectivity index (χ1v) is 8.21. The first-order valence-electron chi connectivity index (χ1n) is 7.03. The average Bonchev–Trinajstić information content (AvgIpc) is 2.54. The number of allylic oxidation sites excluding steroid dienone is 1. The van der Waals surface area contributed by atoms with Crippen molar-refractivity contribution in [2.24, 2.45) is 0 Å². The van der Waals surface area contributed by atoms with E-state index in [4.69, 9.17) is 26.3 Å². The van der Waals surface area contributed by atoms with Gasteiger partial charge in [0.25, 0.3) is 0 Å². The van der Waals surface area contributed by atoms with E-state index in [1.165, 1.54) is 6.08 Å². The molecule has 0 N–H and O–H groups in total. The fourth-order valence-electron chi connectivity index (χ4n) is 1.96. The second-order valence-corrected chi connectivity index (χ2v) is 5.93. The van der Waals surface area contributed by atoms with Crippen molar-refractivity contribution in [3.63, 3.8) is 0 Å². The zero-order valence-corrected chi connectivity index (χ0v) is 14.9. The maximum atomic E-state index is 8.64. The van der Waals surface area contributed by atoms with E-state index in [0.29, 0.717) is 29.7 Å². The second kappa shape index (κ2) is 8.61. The SMILES string of the molecule is CCOc1cc(C=CC#N)cc(Br)c1OCc1ccc(Cl)cc1. The maximum Gasteiger partial charge on any atom is 0.175 e. The highest BCUT2D eigenvalue weighted by atomic mass is 79.9. The van der Waals surface area contributed by atoms with E-state index in [1.54, 1.807) is 6.08 Å². The largest absolute Gasteiger partial charge is 0.490 e. The molecule has 5 heteroatoms. The topological polar surface area (TPSA) is 42.2 Å². The number of nitrogens with zero attached hydrogens (tertiary/aromatic N) is 1. The molecule has 0 saturated heterocycles. The summed E-state index contributed by atoms with van der Waals surface area (Å²) in [5.74, 6) is 1.27. The monoisotopic (exact) mass is 391 g/mol. The van der Waals surface area contributed by atoms with Gasteiger partial charge in [-0.05, 0) is 64.3 Å². The minimum atomic E-state index is 0.406. The van der Waals surface area contributed by atoms with Gasteiger partial charge in [0.05, 0.1) is 17.1 Å². The lowest BCUT2D eigenvalue weighted by Crippen LogP contribution is -2.01. The molecule has 0 aliphatic carbocycles. The summed E-state index contributed by atoms with van der Waals surface area (Å²) in [7, 11) is 0. The molecule has 0 aliphatic rings. The Kier molecular flexibility index (Phi) is 6.52. The Morgan fingerprint density at radius 2 is 1.96 bits per heavy atom. The highest BCUT2D eigenvalue weighted by molar-refractivity contribution is 9.10. The van der Waals surface area contributed by atoms with E-state index < -0.39 is 0 Å². The molecular formula is C18H15BrClNO2. The minimum absolute atomic E-state index is 0.406. The summed E-state index contributed by atoms with van der Waals surface area (Å²) in [4.78, 5) is 0. The van der Waals surface area contributed by atoms with Gasteiger partial charge in [-0.1, -0.05) is 23.7 Å². The summed E-state index contributed by atoms with van der Waals surface area (Å²) in [5.41, 5.74) is 1.87. The second-order valence-electron chi connectivity index (χ2n) is 4.64. The van der Waals surface area contributed by atoms with Gasteiger partial charge >= 0.3 is 0 Å². The van der Waals surface area contributed by atoms with Crippen LogP contribution in [0.4, 0.5) is 0 Å². The number of hydrogen-bond acceptors (Lipinski definition) is 3. The quantitative estimate of drug-likeness (QED) is 0.599. The Balaban J connectivity index is 2.24. The molecule has 118 valence electrons. The van der Waals surface area contributed by atoms with Crippen molar-refractivity contribution >= 4 is 33.6 Å². The zero-order valence-electron chi connectivity index (χ0n) is 12.6. The first kappa shape index (κ1) is 17.4. The number of hydrogen-bond donors (Lipinski definition) is 0. The Morgan fingerprint density at radius 3 is 2.61 bits per heavy atom. The van der Waals surface area contributed by atoms with Gasteiger partial charge in [0.1, 0.15) is 6.61 Å². The van der Waals surface area contributed by atoms with E-state index in [1.807, 2.05) is 49.4 Å². The van der Waals surface area contributed by atoms with E-state index in [9.17, 15) is 0 Å². The number of halogens is 2. The molecule has 0 aromatic heterocycles. The summed E-state index contributed by atoms with van der Waals surface area (Å²) in [5, 5.41) is 9.33. The maximum absolute atomic E-state index is 8.64. The summed E-state index contributed by atoms with van der Waals surface area (Å²) < 4.78 is 12.3. The highest BCUT2D eigenvalue weighted by Crippen LogP contribution is 2.37. The van der Waals surface area contributed by atoms with Crippen molar-refractivity contribution in [3.8, 4) is 17.6 Å². The predicted molar refractivity (Wildman–Crippen MR) is 95.7 cm³/mol. The normalized spacial score (nSPS) is 10.5. The smallest absolute Gasteiger partial charge is 0.175 e. The highest BCUT2D eigenvalue weighted by Gasteiger charge is 2.12. The summed E-state index contributed by atoms with van der Waals surface area (Å²) in [6.45, 7) is 2.84. The molecule has 0 bridgehead atoms. The molecule has 2 aromatic rings. The molecule has 3 nitrogen and oxygen atoms in total. The van der Waals surface area contributed by atoms with Crippen LogP contribution in [0.1, 0.15) is 18.1 Å². The standard InChI is InChI=1S/C18H15BrClNO2/c1-2-22-17-11-14(4-3-9-21)10-16(19)18(17)23-12-13-5-7-15(20)8-6-13/h3-8,10-11H,2,12H2,1H3. The number of rotatable bonds is 6. The van der Waals surface area contributed by atoms with Crippen LogP contribution in [0, 0.1) is 11.3 Å². The van der Waals surface area contributed by atoms with Crippen molar-refractivity contribution < 1.29 is 9.47 Å². The number of ether oxygens (including phenoxy) is 2. The molecule has 0 fully saturated rings. The van der Waals surface area contributed by atoms with Crippen molar-refractivity contribution in [2.75, 3.05) is 6.61 Å². The number of nitriles is 1. The van der Waals surface area contributed by atoms with Crippen LogP contribution in [0.3, 0.4) is 0 Å². The van der Waals surface area contributed by atoms with Crippen molar-refractivity contribution in [2.45, 2.75) is 13.5 Å². The van der Waals surface area contributed by atoms with Gasteiger partial charge in [-0.25, -0.2) is 0 Å². The van der Waals surface area contributed by atoms with Crippen molar-refractivity contribution in [1.82, 2.24) is 0 Å². The first-order chi connectivity index (χ1) is 11.1. The Bertz CT molecular complexity index is 736. The van der Waals surface area contributed by atoms with Crippen LogP contribution in [-0.4, -0.2) is 6.61 Å². The van der Waals surface area contributed by atoms with Crippen LogP contribution >= 0.6 is 27.5 Å². The van der Waals surface area contributed by atoms with Crippen LogP contribution < -0.4 is 9.47 Å². The van der Waals surface area contributed by atoms with Crippen molar-refractivity contribution in [3.05, 3.63) is 63.1 Å². The van der Waals surface area contributed by atoms with E-state index >= 15 is 0 Å². The lowest BCUT2D eigenvalue weighted by Gasteiger charge is -2.14. The summed E-state index contributed by atoms with van der Waals surface area (Å²) >= 11 is 9.38. The molecule has 2 aromatic carbocycles. The Morgan fingerprint density at radius 1 is 1.22 bits per heavy atom. The minimum Gasteiger partial charge on any atom is -0.490 e. The third-order valence-electron chi connectivity index (χ3n) is 2.98. The molecule has 0 saturated carbocycles. The van der Waals surface area contributed by atoms with Gasteiger partial charge in [0.2, 0.25) is 0 Å². The average molecular weight is 393 g/mol. The summed E-state index contributed by atoms with van der Waals surface area (Å²) in [6.07, 6.45) is 3.14. The molecule has 0 unspecified atom stereocenters. The fourth-order valence-corrected chi connectivity index (χ4v) is 2.66. The van der Waals surface area contributed by atoms with Crippen LogP contribution in [0.15, 0.2) is 46.9 Å². The van der Waals surface area contributed by atoms with Crippen LogP contribution in [0.25, 0.3) is 6.08 Å². The lowest BCUT2D eigenvalue weighted by molar-refractivity contribution is 0.267. The van der Waals surface area contributed by atoms with Crippen LogP contribution in [0.2, 0.25) is 5.02 Å². The lowest BCUT2D eigenvalue weighted by atomic mass is 10.2. The van der Waals surface area contributed by atoms with Crippen LogP contribution in [0.5, 0.6) is 11.5 Å². The summed E-state index contributed by atoms with van der Waals surface area (Å²) in [6, 6.07) is 13.2. The van der Waals surface area contributed by atoms with Gasteiger partial charge in [-0.3, -0.25) is 0 Å². The predicted octanol–water partition coefficient (Wildman–Crippen LogP) is 5.62. The van der Waals surface area contributed by atoms with Crippen molar-refractivity contribution in [1.29, 1.82) is 5.26 Å². The molecule has 23 heavy (non-hydrogen) atoms. The van der Waals surface area contributed by atoms with Gasteiger partial charge in [-0.15, -0.1) is 0 Å². The zero-order chi connectivity index (χ0) is 16.7. The molecule has 0 spiro atoms. The van der Waals surface area contributed by atoms with E-state index in [2.05, 4.69) is 15.9 Å². The fraction of sp³-hybridized carbons (Fsp3) is 0.167. The molecular weight excluding hydrogens is 378 g/mol. The van der Waals surface area contributed by atoms with Crippen LogP contribution in [-0.2, 0) is 6.61 Å². The Labute approximate surface area is 149 Å². The molecule has 2 rings (SSSR count). The third-order valence-corrected chi connectivity index (χ3v) is 3.82. The van der Waals surface area contributed by atoms with E-state index in [0.717, 1.165) is 15.6 Å². The molecule has 0 heterocycles.